The fourth-order valence-electron chi connectivity index (χ4n) is 2.81. The molecule has 0 atom stereocenters. The third-order valence-corrected chi connectivity index (χ3v) is 5.05. The van der Waals surface area contributed by atoms with Crippen LogP contribution in [0.5, 0.6) is 0 Å². The number of benzene rings is 1. The van der Waals surface area contributed by atoms with Crippen LogP contribution in [0, 0.1) is 5.82 Å². The van der Waals surface area contributed by atoms with Crippen LogP contribution in [0.3, 0.4) is 0 Å². The number of halogens is 1. The fraction of sp³-hybridized carbons (Fsp3) is 0.286. The second kappa shape index (κ2) is 7.79. The number of hydrogen-bond donors (Lipinski definition) is 0. The Bertz CT molecular complexity index is 1110. The monoisotopic (exact) mass is 417 g/mol. The molecule has 3 rings (SSSR count). The molecule has 0 spiro atoms. The van der Waals surface area contributed by atoms with E-state index in [1.807, 2.05) is 0 Å². The Morgan fingerprint density at radius 1 is 1.17 bits per heavy atom. The number of carbonyl (C=O) groups excluding carboxylic acids is 3. The maximum Gasteiger partial charge on any atom is 0.419 e. The van der Waals surface area contributed by atoms with Gasteiger partial charge in [-0.3, -0.25) is 14.2 Å². The Labute approximate surface area is 170 Å². The lowest BCUT2D eigenvalue weighted by Crippen LogP contribution is -2.26. The Kier molecular flexibility index (Phi) is 5.57. The van der Waals surface area contributed by atoms with Crippen LogP contribution in [0.1, 0.15) is 36.9 Å². The smallest absolute Gasteiger partial charge is 0.419 e. The second-order valence-corrected chi connectivity index (χ2v) is 8.34. The quantitative estimate of drug-likeness (QED) is 0.338. The second-order valence-electron chi connectivity index (χ2n) is 7.43. The highest BCUT2D eigenvalue weighted by Gasteiger charge is 2.22. The van der Waals surface area contributed by atoms with E-state index in [1.165, 1.54) is 41.2 Å². The van der Waals surface area contributed by atoms with Crippen LogP contribution in [0.4, 0.5) is 9.18 Å². The summed E-state index contributed by atoms with van der Waals surface area (Å²) in [6.45, 7) is 5.28. The van der Waals surface area contributed by atoms with Crippen molar-refractivity contribution < 1.29 is 28.2 Å². The molecule has 2 aromatic heterocycles. The predicted octanol–water partition coefficient (Wildman–Crippen LogP) is 5.04. The molecule has 3 aromatic rings. The van der Waals surface area contributed by atoms with Gasteiger partial charge in [-0.15, -0.1) is 11.3 Å². The molecule has 1 aromatic carbocycles. The predicted molar refractivity (Wildman–Crippen MR) is 108 cm³/mol. The molecule has 0 amide bonds. The van der Waals surface area contributed by atoms with Crippen molar-refractivity contribution >= 4 is 40.1 Å². The third kappa shape index (κ3) is 4.54. The van der Waals surface area contributed by atoms with Crippen molar-refractivity contribution in [1.29, 1.82) is 0 Å². The zero-order valence-electron chi connectivity index (χ0n) is 16.4. The first-order valence-electron chi connectivity index (χ1n) is 8.82. The molecule has 29 heavy (non-hydrogen) atoms. The number of aromatic nitrogens is 1. The first-order chi connectivity index (χ1) is 13.6. The molecular weight excluding hydrogens is 397 g/mol. The summed E-state index contributed by atoms with van der Waals surface area (Å²) in [5, 5.41) is 2.24. The summed E-state index contributed by atoms with van der Waals surface area (Å²) in [6.07, 6.45) is 0.622. The minimum absolute atomic E-state index is 0.356. The van der Waals surface area contributed by atoms with E-state index in [1.54, 1.807) is 38.4 Å². The van der Waals surface area contributed by atoms with Crippen LogP contribution in [-0.4, -0.2) is 35.1 Å². The van der Waals surface area contributed by atoms with E-state index in [0.29, 0.717) is 26.9 Å². The number of esters is 1. The van der Waals surface area contributed by atoms with Crippen LogP contribution >= 0.6 is 11.3 Å². The van der Waals surface area contributed by atoms with Crippen LogP contribution in [-0.2, 0) is 14.3 Å². The molecule has 0 aliphatic rings. The number of Topliss-reactive ketones (excluding diaryl/α,β-unsaturated/α-hetero) is 1. The fourth-order valence-corrected chi connectivity index (χ4v) is 3.66. The van der Waals surface area contributed by atoms with Gasteiger partial charge in [0, 0.05) is 17.1 Å². The lowest BCUT2D eigenvalue weighted by atomic mass is 10.1. The Morgan fingerprint density at radius 3 is 2.55 bits per heavy atom. The highest BCUT2D eigenvalue weighted by Crippen LogP contribution is 2.34. The minimum atomic E-state index is -0.691. The highest BCUT2D eigenvalue weighted by atomic mass is 32.1. The molecule has 6 nitrogen and oxygen atoms in total. The van der Waals surface area contributed by atoms with Crippen molar-refractivity contribution in [3.63, 3.8) is 0 Å². The zero-order chi connectivity index (χ0) is 21.3. The van der Waals surface area contributed by atoms with Gasteiger partial charge in [0.25, 0.3) is 0 Å². The van der Waals surface area contributed by atoms with Gasteiger partial charge in [0.15, 0.2) is 5.78 Å². The van der Waals surface area contributed by atoms with Crippen molar-refractivity contribution in [2.45, 2.75) is 32.8 Å². The minimum Gasteiger partial charge on any atom is -0.469 e. The van der Waals surface area contributed by atoms with Gasteiger partial charge >= 0.3 is 12.1 Å². The molecule has 0 aliphatic carbocycles. The van der Waals surface area contributed by atoms with E-state index in [2.05, 4.69) is 4.74 Å². The SMILES string of the molecule is COC(=O)CC(=O)c1cc(-c2cn(C(=O)OC(C)(C)C)c3ccc(F)cc23)cs1. The van der Waals surface area contributed by atoms with E-state index in [-0.39, 0.29) is 12.2 Å². The molecule has 0 radical (unpaired) electrons. The van der Waals surface area contributed by atoms with Gasteiger partial charge in [-0.1, -0.05) is 0 Å². The number of carbonyl (C=O) groups is 3. The Balaban J connectivity index is 2.04. The summed E-state index contributed by atoms with van der Waals surface area (Å²) in [6, 6.07) is 5.73. The number of rotatable bonds is 4. The van der Waals surface area contributed by atoms with Crippen LogP contribution in [0.15, 0.2) is 35.8 Å². The molecule has 0 saturated carbocycles. The van der Waals surface area contributed by atoms with Crippen molar-refractivity contribution in [3.8, 4) is 11.1 Å². The van der Waals surface area contributed by atoms with E-state index in [4.69, 9.17) is 4.74 Å². The van der Waals surface area contributed by atoms with Crippen LogP contribution in [0.2, 0.25) is 0 Å². The van der Waals surface area contributed by atoms with Crippen molar-refractivity contribution in [1.82, 2.24) is 4.57 Å². The number of hydrogen-bond acceptors (Lipinski definition) is 6. The van der Waals surface area contributed by atoms with E-state index >= 15 is 0 Å². The molecule has 2 heterocycles. The first-order valence-corrected chi connectivity index (χ1v) is 9.70. The first kappa shape index (κ1) is 20.7. The number of fused-ring (bicyclic) bond motifs is 1. The molecule has 0 fully saturated rings. The van der Waals surface area contributed by atoms with Crippen molar-refractivity contribution in [3.05, 3.63) is 46.5 Å². The van der Waals surface area contributed by atoms with Gasteiger partial charge < -0.3 is 9.47 Å². The normalized spacial score (nSPS) is 11.5. The molecular formula is C21H20FNO5S. The molecule has 0 aliphatic heterocycles. The van der Waals surface area contributed by atoms with Crippen LogP contribution < -0.4 is 0 Å². The van der Waals surface area contributed by atoms with Gasteiger partial charge in [-0.05, 0) is 56.0 Å². The number of methoxy groups -OCH3 is 1. The number of nitrogens with zero attached hydrogens (tertiary/aromatic N) is 1. The lowest BCUT2D eigenvalue weighted by molar-refractivity contribution is -0.139. The summed E-state index contributed by atoms with van der Waals surface area (Å²) >= 11 is 1.17. The van der Waals surface area contributed by atoms with E-state index < -0.39 is 23.5 Å². The zero-order valence-corrected chi connectivity index (χ0v) is 17.3. The van der Waals surface area contributed by atoms with Gasteiger partial charge in [0.05, 0.1) is 17.5 Å². The molecule has 8 heteroatoms. The van der Waals surface area contributed by atoms with E-state index in [0.717, 1.165) is 0 Å². The summed E-state index contributed by atoms with van der Waals surface area (Å²) in [5.74, 6) is -1.43. The van der Waals surface area contributed by atoms with Crippen molar-refractivity contribution in [2.75, 3.05) is 7.11 Å². The molecule has 0 saturated heterocycles. The number of thiophene rings is 1. The Hall–Kier alpha value is -3.00. The van der Waals surface area contributed by atoms with Gasteiger partial charge in [0.1, 0.15) is 17.8 Å². The molecule has 0 unspecified atom stereocenters. The topological polar surface area (TPSA) is 74.6 Å². The average molecular weight is 417 g/mol. The third-order valence-electron chi connectivity index (χ3n) is 4.07. The maximum absolute atomic E-state index is 13.9. The lowest BCUT2D eigenvalue weighted by Gasteiger charge is -2.19. The van der Waals surface area contributed by atoms with Crippen LogP contribution in [0.25, 0.3) is 22.0 Å². The van der Waals surface area contributed by atoms with Gasteiger partial charge in [0.2, 0.25) is 0 Å². The summed E-state index contributed by atoms with van der Waals surface area (Å²) in [4.78, 5) is 36.5. The largest absolute Gasteiger partial charge is 0.469 e. The van der Waals surface area contributed by atoms with Gasteiger partial charge in [-0.25, -0.2) is 9.18 Å². The molecule has 0 bridgehead atoms. The number of ether oxygens (including phenoxy) is 2. The van der Waals surface area contributed by atoms with Gasteiger partial charge in [-0.2, -0.15) is 0 Å². The van der Waals surface area contributed by atoms with Crippen molar-refractivity contribution in [2.24, 2.45) is 0 Å². The number of ketones is 1. The highest BCUT2D eigenvalue weighted by molar-refractivity contribution is 7.12. The summed E-state index contributed by atoms with van der Waals surface area (Å²) in [5.41, 5.74) is 1.02. The summed E-state index contributed by atoms with van der Waals surface area (Å²) in [7, 11) is 1.22. The average Bonchev–Trinajstić information content (AvgIpc) is 3.24. The Morgan fingerprint density at radius 2 is 1.90 bits per heavy atom. The molecule has 152 valence electrons. The molecule has 0 N–H and O–H groups in total. The standard InChI is InChI=1S/C21H20FNO5S/c1-21(2,3)28-20(26)23-10-15(14-8-13(22)5-6-16(14)23)12-7-18(29-11-12)17(24)9-19(25)27-4/h5-8,10-11H,9H2,1-4H3. The maximum atomic E-state index is 13.9. The van der Waals surface area contributed by atoms with E-state index in [9.17, 15) is 18.8 Å². The summed E-state index contributed by atoms with van der Waals surface area (Å²) < 4.78 is 25.2.